The molecule has 1 aromatic heterocycles. The number of amidine groups is 1. The second-order valence-electron chi connectivity index (χ2n) is 3.94. The number of hydrogen-bond acceptors (Lipinski definition) is 5. The van der Waals surface area contributed by atoms with Crippen LogP contribution in [-0.2, 0) is 6.18 Å². The number of anilines is 2. The third kappa shape index (κ3) is 3.45. The zero-order valence-electron chi connectivity index (χ0n) is 10.4. The quantitative estimate of drug-likeness (QED) is 0.397. The second kappa shape index (κ2) is 5.75. The molecule has 9 heteroatoms. The number of nitrogens with zero attached hydrogens (tertiary/aromatic N) is 2. The molecule has 2 aromatic rings. The molecule has 4 N–H and O–H groups in total. The van der Waals surface area contributed by atoms with E-state index >= 15 is 0 Å². The van der Waals surface area contributed by atoms with E-state index in [1.54, 1.807) is 5.48 Å². The van der Waals surface area contributed by atoms with Gasteiger partial charge in [-0.3, -0.25) is 16.1 Å². The Morgan fingerprint density at radius 2 is 1.71 bits per heavy atom. The van der Waals surface area contributed by atoms with Crippen LogP contribution in [0.2, 0.25) is 0 Å². The van der Waals surface area contributed by atoms with Crippen molar-refractivity contribution in [2.45, 2.75) is 6.18 Å². The summed E-state index contributed by atoms with van der Waals surface area (Å²) in [4.78, 5) is 7.78. The summed E-state index contributed by atoms with van der Waals surface area (Å²) in [5.74, 6) is -0.263. The Kier molecular flexibility index (Phi) is 4.03. The van der Waals surface area contributed by atoms with Crippen molar-refractivity contribution in [1.82, 2.24) is 15.4 Å². The molecule has 0 saturated carbocycles. The van der Waals surface area contributed by atoms with Crippen molar-refractivity contribution in [2.24, 2.45) is 0 Å². The van der Waals surface area contributed by atoms with Crippen molar-refractivity contribution in [1.29, 1.82) is 5.41 Å². The summed E-state index contributed by atoms with van der Waals surface area (Å²) in [6.45, 7) is 0. The third-order valence-electron chi connectivity index (χ3n) is 2.52. The van der Waals surface area contributed by atoms with Crippen LogP contribution in [0, 0.1) is 5.41 Å². The van der Waals surface area contributed by atoms with Gasteiger partial charge in [-0.2, -0.15) is 13.2 Å². The highest BCUT2D eigenvalue weighted by molar-refractivity contribution is 5.98. The summed E-state index contributed by atoms with van der Waals surface area (Å²) in [5.41, 5.74) is 1.23. The summed E-state index contributed by atoms with van der Waals surface area (Å²) >= 11 is 0. The first-order valence-electron chi connectivity index (χ1n) is 5.66. The number of aromatic nitrogens is 2. The van der Waals surface area contributed by atoms with Gasteiger partial charge in [-0.15, -0.1) is 0 Å². The molecule has 0 amide bonds. The first-order chi connectivity index (χ1) is 9.91. The van der Waals surface area contributed by atoms with Gasteiger partial charge in [-0.05, 0) is 24.3 Å². The molecule has 0 unspecified atom stereocenters. The Labute approximate surface area is 117 Å². The van der Waals surface area contributed by atoms with Gasteiger partial charge in [0.1, 0.15) is 5.69 Å². The molecular weight excluding hydrogens is 287 g/mol. The largest absolute Gasteiger partial charge is 0.416 e. The highest BCUT2D eigenvalue weighted by Crippen LogP contribution is 2.30. The Bertz CT molecular complexity index is 642. The molecule has 0 aliphatic carbocycles. The van der Waals surface area contributed by atoms with E-state index < -0.39 is 17.6 Å². The zero-order chi connectivity index (χ0) is 15.5. The van der Waals surface area contributed by atoms with Crippen molar-refractivity contribution >= 4 is 17.3 Å². The lowest BCUT2D eigenvalue weighted by Crippen LogP contribution is -2.21. The van der Waals surface area contributed by atoms with Gasteiger partial charge in [0.05, 0.1) is 5.56 Å². The van der Waals surface area contributed by atoms with Crippen molar-refractivity contribution in [2.75, 3.05) is 5.32 Å². The molecule has 0 bridgehead atoms. The summed E-state index contributed by atoms with van der Waals surface area (Å²) in [5, 5.41) is 18.9. The molecule has 1 heterocycles. The SMILES string of the molecule is N=C(NO)c1nccnc1Nc1ccc(C(F)(F)F)cc1. The van der Waals surface area contributed by atoms with E-state index in [0.717, 1.165) is 12.1 Å². The molecule has 21 heavy (non-hydrogen) atoms. The number of hydroxylamine groups is 1. The molecular formula is C12H10F3N5O. The van der Waals surface area contributed by atoms with Gasteiger partial charge >= 0.3 is 6.18 Å². The molecule has 0 radical (unpaired) electrons. The lowest BCUT2D eigenvalue weighted by molar-refractivity contribution is -0.137. The van der Waals surface area contributed by atoms with Crippen LogP contribution in [0.4, 0.5) is 24.7 Å². The number of halogens is 3. The molecule has 0 saturated heterocycles. The Hall–Kier alpha value is -2.68. The predicted octanol–water partition coefficient (Wildman–Crippen LogP) is 2.54. The van der Waals surface area contributed by atoms with E-state index in [2.05, 4.69) is 15.3 Å². The third-order valence-corrected chi connectivity index (χ3v) is 2.52. The minimum absolute atomic E-state index is 0.0277. The van der Waals surface area contributed by atoms with Crippen LogP contribution < -0.4 is 10.8 Å². The fraction of sp³-hybridized carbons (Fsp3) is 0.0833. The standard InChI is InChI=1S/C12H10F3N5O/c13-12(14,15)7-1-3-8(4-2-7)19-11-9(10(16)20-21)17-5-6-18-11/h1-6,21H,(H2,16,20)(H,18,19). The first kappa shape index (κ1) is 14.7. The molecule has 0 atom stereocenters. The summed E-state index contributed by atoms with van der Waals surface area (Å²) in [6.07, 6.45) is -1.74. The van der Waals surface area contributed by atoms with E-state index in [1.807, 2.05) is 0 Å². The zero-order valence-corrected chi connectivity index (χ0v) is 10.4. The fourth-order valence-electron chi connectivity index (χ4n) is 1.54. The van der Waals surface area contributed by atoms with Crippen LogP contribution >= 0.6 is 0 Å². The maximum absolute atomic E-state index is 12.5. The molecule has 0 aliphatic heterocycles. The number of benzene rings is 1. The topological polar surface area (TPSA) is 93.9 Å². The van der Waals surface area contributed by atoms with Gasteiger partial charge in [0.25, 0.3) is 0 Å². The maximum Gasteiger partial charge on any atom is 0.416 e. The van der Waals surface area contributed by atoms with Crippen molar-refractivity contribution in [3.63, 3.8) is 0 Å². The summed E-state index contributed by atoms with van der Waals surface area (Å²) in [6, 6.07) is 4.32. The van der Waals surface area contributed by atoms with Crippen LogP contribution in [0.1, 0.15) is 11.3 Å². The van der Waals surface area contributed by atoms with Crippen molar-refractivity contribution in [3.05, 3.63) is 47.9 Å². The highest BCUT2D eigenvalue weighted by atomic mass is 19.4. The van der Waals surface area contributed by atoms with E-state index in [9.17, 15) is 13.2 Å². The highest BCUT2D eigenvalue weighted by Gasteiger charge is 2.29. The van der Waals surface area contributed by atoms with Crippen LogP contribution in [0.3, 0.4) is 0 Å². The van der Waals surface area contributed by atoms with Gasteiger partial charge in [0.2, 0.25) is 0 Å². The minimum Gasteiger partial charge on any atom is -0.338 e. The summed E-state index contributed by atoms with van der Waals surface area (Å²) < 4.78 is 37.4. The lowest BCUT2D eigenvalue weighted by Gasteiger charge is -2.11. The Morgan fingerprint density at radius 3 is 2.29 bits per heavy atom. The number of nitrogens with one attached hydrogen (secondary N) is 3. The molecule has 0 aliphatic rings. The van der Waals surface area contributed by atoms with Crippen LogP contribution in [0.25, 0.3) is 0 Å². The molecule has 110 valence electrons. The minimum atomic E-state index is -4.40. The van der Waals surface area contributed by atoms with E-state index in [0.29, 0.717) is 5.69 Å². The Balaban J connectivity index is 2.25. The van der Waals surface area contributed by atoms with Gasteiger partial charge < -0.3 is 5.32 Å². The fourth-order valence-corrected chi connectivity index (χ4v) is 1.54. The number of rotatable bonds is 3. The first-order valence-corrected chi connectivity index (χ1v) is 5.66. The predicted molar refractivity (Wildman–Crippen MR) is 68.5 cm³/mol. The molecule has 0 fully saturated rings. The molecule has 0 spiro atoms. The monoisotopic (exact) mass is 297 g/mol. The summed E-state index contributed by atoms with van der Waals surface area (Å²) in [7, 11) is 0. The van der Waals surface area contributed by atoms with E-state index in [4.69, 9.17) is 10.6 Å². The maximum atomic E-state index is 12.5. The lowest BCUT2D eigenvalue weighted by atomic mass is 10.2. The van der Waals surface area contributed by atoms with Crippen LogP contribution in [0.5, 0.6) is 0 Å². The van der Waals surface area contributed by atoms with Crippen molar-refractivity contribution in [3.8, 4) is 0 Å². The average Bonchev–Trinajstić information content (AvgIpc) is 2.46. The van der Waals surface area contributed by atoms with Gasteiger partial charge in [0, 0.05) is 18.1 Å². The van der Waals surface area contributed by atoms with E-state index in [-0.39, 0.29) is 11.5 Å². The Morgan fingerprint density at radius 1 is 1.10 bits per heavy atom. The second-order valence-corrected chi connectivity index (χ2v) is 3.94. The van der Waals surface area contributed by atoms with Gasteiger partial charge in [-0.1, -0.05) is 0 Å². The van der Waals surface area contributed by atoms with Crippen LogP contribution in [-0.4, -0.2) is 21.0 Å². The smallest absolute Gasteiger partial charge is 0.338 e. The van der Waals surface area contributed by atoms with Crippen molar-refractivity contribution < 1.29 is 18.4 Å². The van der Waals surface area contributed by atoms with Crippen LogP contribution in [0.15, 0.2) is 36.7 Å². The van der Waals surface area contributed by atoms with E-state index in [1.165, 1.54) is 24.5 Å². The number of hydrogen-bond donors (Lipinski definition) is 4. The van der Waals surface area contributed by atoms with Gasteiger partial charge in [-0.25, -0.2) is 9.97 Å². The normalized spacial score (nSPS) is 11.0. The average molecular weight is 297 g/mol. The molecule has 2 rings (SSSR count). The van der Waals surface area contributed by atoms with Gasteiger partial charge in [0.15, 0.2) is 11.7 Å². The molecule has 1 aromatic carbocycles. The number of alkyl halides is 3. The molecule has 6 nitrogen and oxygen atoms in total.